The van der Waals surface area contributed by atoms with Crippen LogP contribution in [0, 0.1) is 0 Å². The topological polar surface area (TPSA) is 98.8 Å². The van der Waals surface area contributed by atoms with E-state index >= 15 is 0 Å². The number of fused-ring (bicyclic) bond motifs is 2. The highest BCUT2D eigenvalue weighted by Crippen LogP contribution is 2.41. The minimum Gasteiger partial charge on any atom is -0.347 e. The van der Waals surface area contributed by atoms with Crippen molar-refractivity contribution in [2.45, 2.75) is 18.4 Å². The number of carbonyl (C=O) groups is 4. The second-order valence-corrected chi connectivity index (χ2v) is 6.45. The van der Waals surface area contributed by atoms with E-state index in [1.54, 1.807) is 14.1 Å². The molecule has 25 heavy (non-hydrogen) atoms. The lowest BCUT2D eigenvalue weighted by atomic mass is 9.92. The molecule has 0 bridgehead atoms. The minimum atomic E-state index is -1.08. The number of rotatable bonds is 4. The van der Waals surface area contributed by atoms with Crippen LogP contribution in [0.1, 0.15) is 17.5 Å². The first-order valence-electron chi connectivity index (χ1n) is 8.04. The first kappa shape index (κ1) is 16.9. The summed E-state index contributed by atoms with van der Waals surface area (Å²) in [7, 11) is 3.15. The van der Waals surface area contributed by atoms with Crippen LogP contribution in [0.4, 0.5) is 4.79 Å². The molecule has 1 aliphatic heterocycles. The molecule has 2 aliphatic rings. The Morgan fingerprint density at radius 2 is 2.00 bits per heavy atom. The van der Waals surface area contributed by atoms with Gasteiger partial charge >= 0.3 is 6.03 Å². The van der Waals surface area contributed by atoms with Crippen LogP contribution in [0.5, 0.6) is 0 Å². The maximum atomic E-state index is 12.9. The second kappa shape index (κ2) is 6.19. The van der Waals surface area contributed by atoms with Gasteiger partial charge in [0.15, 0.2) is 0 Å². The Hall–Kier alpha value is -2.90. The molecule has 1 atom stereocenters. The smallest absolute Gasteiger partial charge is 0.325 e. The fourth-order valence-corrected chi connectivity index (χ4v) is 3.26. The zero-order valence-corrected chi connectivity index (χ0v) is 14.2. The number of urea groups is 1. The van der Waals surface area contributed by atoms with Crippen molar-refractivity contribution < 1.29 is 19.2 Å². The van der Waals surface area contributed by atoms with Crippen LogP contribution in [0.3, 0.4) is 0 Å². The molecular formula is C17H20N4O4. The number of carbonyl (C=O) groups excluding carboxylic acids is 4. The van der Waals surface area contributed by atoms with E-state index in [4.69, 9.17) is 0 Å². The molecule has 1 aliphatic carbocycles. The molecule has 1 spiro atoms. The Labute approximate surface area is 145 Å². The van der Waals surface area contributed by atoms with Crippen molar-refractivity contribution in [1.82, 2.24) is 20.4 Å². The highest BCUT2D eigenvalue weighted by atomic mass is 16.2. The third kappa shape index (κ3) is 2.84. The summed E-state index contributed by atoms with van der Waals surface area (Å²) in [5.74, 6) is -1.25. The van der Waals surface area contributed by atoms with E-state index < -0.39 is 29.9 Å². The van der Waals surface area contributed by atoms with Crippen LogP contribution < -0.4 is 10.6 Å². The summed E-state index contributed by atoms with van der Waals surface area (Å²) in [4.78, 5) is 50.9. The number of hydrogen-bond donors (Lipinski definition) is 2. The zero-order valence-electron chi connectivity index (χ0n) is 14.2. The van der Waals surface area contributed by atoms with Gasteiger partial charge in [-0.2, -0.15) is 0 Å². The molecule has 1 aromatic rings. The van der Waals surface area contributed by atoms with Crippen molar-refractivity contribution in [3.05, 3.63) is 35.4 Å². The van der Waals surface area contributed by atoms with E-state index in [1.165, 1.54) is 4.90 Å². The molecule has 0 unspecified atom stereocenters. The SMILES string of the molecule is CN(C)C(=O)CNC(=O)CN1C(=O)N[C@@]2(CCc3ccccc32)C1=O. The molecule has 1 fully saturated rings. The summed E-state index contributed by atoms with van der Waals surface area (Å²) in [6.07, 6.45) is 1.17. The van der Waals surface area contributed by atoms with Crippen molar-refractivity contribution in [3.63, 3.8) is 0 Å². The van der Waals surface area contributed by atoms with Crippen LogP contribution in [-0.2, 0) is 26.3 Å². The molecule has 8 heteroatoms. The summed E-state index contributed by atoms with van der Waals surface area (Å²) < 4.78 is 0. The van der Waals surface area contributed by atoms with Crippen molar-refractivity contribution >= 4 is 23.8 Å². The van der Waals surface area contributed by atoms with Crippen LogP contribution in [0.25, 0.3) is 0 Å². The number of benzene rings is 1. The Morgan fingerprint density at radius 3 is 2.72 bits per heavy atom. The van der Waals surface area contributed by atoms with Crippen LogP contribution in [0.15, 0.2) is 24.3 Å². The highest BCUT2D eigenvalue weighted by Gasteiger charge is 2.55. The van der Waals surface area contributed by atoms with Crippen molar-refractivity contribution in [1.29, 1.82) is 0 Å². The molecule has 0 saturated carbocycles. The van der Waals surface area contributed by atoms with Crippen LogP contribution >= 0.6 is 0 Å². The van der Waals surface area contributed by atoms with Crippen LogP contribution in [-0.4, -0.2) is 60.7 Å². The zero-order chi connectivity index (χ0) is 18.2. The normalized spacial score (nSPS) is 21.3. The summed E-state index contributed by atoms with van der Waals surface area (Å²) in [6, 6.07) is 6.90. The van der Waals surface area contributed by atoms with Gasteiger partial charge in [0.25, 0.3) is 5.91 Å². The lowest BCUT2D eigenvalue weighted by molar-refractivity contribution is -0.135. The minimum absolute atomic E-state index is 0.177. The quantitative estimate of drug-likeness (QED) is 0.725. The van der Waals surface area contributed by atoms with Gasteiger partial charge in [0.2, 0.25) is 11.8 Å². The lowest BCUT2D eigenvalue weighted by Crippen LogP contribution is -2.45. The average molecular weight is 344 g/mol. The number of amides is 5. The van der Waals surface area contributed by atoms with Gasteiger partial charge < -0.3 is 15.5 Å². The van der Waals surface area contributed by atoms with Gasteiger partial charge in [0, 0.05) is 14.1 Å². The van der Waals surface area contributed by atoms with Crippen LogP contribution in [0.2, 0.25) is 0 Å². The lowest BCUT2D eigenvalue weighted by Gasteiger charge is -2.22. The number of nitrogens with one attached hydrogen (secondary N) is 2. The summed E-state index contributed by atoms with van der Waals surface area (Å²) in [5.41, 5.74) is 0.742. The fourth-order valence-electron chi connectivity index (χ4n) is 3.26. The molecule has 0 aromatic heterocycles. The molecule has 1 heterocycles. The molecule has 5 amide bonds. The predicted octanol–water partition coefficient (Wildman–Crippen LogP) is -0.416. The van der Waals surface area contributed by atoms with Crippen molar-refractivity contribution in [2.75, 3.05) is 27.2 Å². The molecule has 1 aromatic carbocycles. The number of hydrogen-bond acceptors (Lipinski definition) is 4. The Balaban J connectivity index is 1.71. The third-order valence-electron chi connectivity index (χ3n) is 4.66. The number of likely N-dealkylation sites (N-methyl/N-ethyl adjacent to an activating group) is 1. The molecular weight excluding hydrogens is 324 g/mol. The van der Waals surface area contributed by atoms with E-state index in [0.29, 0.717) is 12.8 Å². The molecule has 0 radical (unpaired) electrons. The van der Waals surface area contributed by atoms with Gasteiger partial charge in [0.1, 0.15) is 12.1 Å². The standard InChI is InChI=1S/C17H20N4O4/c1-20(2)14(23)9-18-13(22)10-21-15(24)17(19-16(21)25)8-7-11-5-3-4-6-12(11)17/h3-6H,7-10H2,1-2H3,(H,18,22)(H,19,25)/t17-/m1/s1. The fraction of sp³-hybridized carbons (Fsp3) is 0.412. The van der Waals surface area contributed by atoms with Crippen molar-refractivity contribution in [3.8, 4) is 0 Å². The second-order valence-electron chi connectivity index (χ2n) is 6.45. The van der Waals surface area contributed by atoms with E-state index in [-0.39, 0.29) is 12.5 Å². The predicted molar refractivity (Wildman–Crippen MR) is 88.4 cm³/mol. The summed E-state index contributed by atoms with van der Waals surface area (Å²) in [6.45, 7) is -0.585. The number of nitrogens with zero attached hydrogens (tertiary/aromatic N) is 2. The Morgan fingerprint density at radius 1 is 1.28 bits per heavy atom. The van der Waals surface area contributed by atoms with E-state index in [9.17, 15) is 19.2 Å². The van der Waals surface area contributed by atoms with Gasteiger partial charge in [-0.25, -0.2) is 4.79 Å². The average Bonchev–Trinajstić information content (AvgIpc) is 3.06. The summed E-state index contributed by atoms with van der Waals surface area (Å²) >= 11 is 0. The number of imide groups is 1. The van der Waals surface area contributed by atoms with Gasteiger partial charge in [-0.3, -0.25) is 19.3 Å². The van der Waals surface area contributed by atoms with Gasteiger partial charge in [0.05, 0.1) is 6.54 Å². The summed E-state index contributed by atoms with van der Waals surface area (Å²) in [5, 5.41) is 5.18. The third-order valence-corrected chi connectivity index (χ3v) is 4.66. The molecule has 8 nitrogen and oxygen atoms in total. The first-order chi connectivity index (χ1) is 11.8. The Bertz CT molecular complexity index is 761. The first-order valence-corrected chi connectivity index (χ1v) is 8.04. The van der Waals surface area contributed by atoms with E-state index in [1.807, 2.05) is 24.3 Å². The van der Waals surface area contributed by atoms with Gasteiger partial charge in [-0.1, -0.05) is 24.3 Å². The number of aryl methyl sites for hydroxylation is 1. The van der Waals surface area contributed by atoms with Crippen molar-refractivity contribution in [2.24, 2.45) is 0 Å². The molecule has 1 saturated heterocycles. The molecule has 2 N–H and O–H groups in total. The van der Waals surface area contributed by atoms with E-state index in [0.717, 1.165) is 16.0 Å². The van der Waals surface area contributed by atoms with E-state index in [2.05, 4.69) is 10.6 Å². The maximum Gasteiger partial charge on any atom is 0.325 e. The molecule has 3 rings (SSSR count). The maximum absolute atomic E-state index is 12.9. The van der Waals surface area contributed by atoms with Gasteiger partial charge in [-0.05, 0) is 24.0 Å². The largest absolute Gasteiger partial charge is 0.347 e. The monoisotopic (exact) mass is 344 g/mol. The Kier molecular flexibility index (Phi) is 4.20. The molecule has 132 valence electrons. The highest BCUT2D eigenvalue weighted by molar-refractivity contribution is 6.10. The van der Waals surface area contributed by atoms with Gasteiger partial charge in [-0.15, -0.1) is 0 Å².